The molecule has 0 spiro atoms. The molecule has 2 aromatic heterocycles. The van der Waals surface area contributed by atoms with Crippen LogP contribution in [0.3, 0.4) is 0 Å². The summed E-state index contributed by atoms with van der Waals surface area (Å²) in [6.45, 7) is 5.31. The van der Waals surface area contributed by atoms with E-state index in [9.17, 15) is 9.59 Å². The van der Waals surface area contributed by atoms with Crippen LogP contribution in [0.4, 0.5) is 10.5 Å². The van der Waals surface area contributed by atoms with Crippen LogP contribution in [0.5, 0.6) is 0 Å². The number of carboxylic acid groups (broad SMARTS) is 1. The molecule has 0 bridgehead atoms. The Bertz CT molecular complexity index is 672. The number of hydrogen-bond acceptors (Lipinski definition) is 3. The summed E-state index contributed by atoms with van der Waals surface area (Å²) in [7, 11) is 0. The molecular formula is C14H17N3O4. The fourth-order valence-corrected chi connectivity index (χ4v) is 1.97. The Balaban J connectivity index is 2.03. The van der Waals surface area contributed by atoms with Crippen LogP contribution < -0.4 is 10.6 Å². The number of rotatable bonds is 4. The number of carboxylic acids is 1. The predicted molar refractivity (Wildman–Crippen MR) is 76.5 cm³/mol. The minimum Gasteiger partial charge on any atom is -0.477 e. The number of H-pyrrole nitrogens is 1. The van der Waals surface area contributed by atoms with Gasteiger partial charge < -0.3 is 25.1 Å². The largest absolute Gasteiger partial charge is 0.477 e. The number of aryl methyl sites for hydroxylation is 2. The van der Waals surface area contributed by atoms with E-state index < -0.39 is 12.0 Å². The van der Waals surface area contributed by atoms with E-state index in [0.717, 1.165) is 5.76 Å². The van der Waals surface area contributed by atoms with Crippen LogP contribution in [0.1, 0.15) is 40.7 Å². The van der Waals surface area contributed by atoms with E-state index in [-0.39, 0.29) is 17.4 Å². The van der Waals surface area contributed by atoms with E-state index in [4.69, 9.17) is 9.52 Å². The van der Waals surface area contributed by atoms with E-state index in [2.05, 4.69) is 15.6 Å². The highest BCUT2D eigenvalue weighted by molar-refractivity contribution is 5.99. The van der Waals surface area contributed by atoms with E-state index in [1.54, 1.807) is 26.0 Å². The zero-order chi connectivity index (χ0) is 15.6. The summed E-state index contributed by atoms with van der Waals surface area (Å²) in [5, 5.41) is 14.2. The third kappa shape index (κ3) is 3.44. The molecule has 2 aromatic rings. The van der Waals surface area contributed by atoms with Crippen LogP contribution in [0, 0.1) is 13.8 Å². The van der Waals surface area contributed by atoms with Gasteiger partial charge in [-0.1, -0.05) is 0 Å². The van der Waals surface area contributed by atoms with Gasteiger partial charge in [0.05, 0.1) is 11.7 Å². The second-order valence-electron chi connectivity index (χ2n) is 4.81. The van der Waals surface area contributed by atoms with Gasteiger partial charge in [0.15, 0.2) is 0 Å². The maximum atomic E-state index is 11.9. The molecule has 0 aliphatic carbocycles. The molecule has 4 N–H and O–H groups in total. The molecule has 2 amide bonds. The first-order valence-electron chi connectivity index (χ1n) is 6.43. The van der Waals surface area contributed by atoms with Crippen molar-refractivity contribution >= 4 is 17.7 Å². The quantitative estimate of drug-likeness (QED) is 0.694. The number of hydrogen-bond donors (Lipinski definition) is 4. The Kier molecular flexibility index (Phi) is 4.02. The molecule has 1 atom stereocenters. The average molecular weight is 291 g/mol. The summed E-state index contributed by atoms with van der Waals surface area (Å²) in [5.74, 6) is 0.257. The molecule has 0 aliphatic heterocycles. The lowest BCUT2D eigenvalue weighted by Crippen LogP contribution is -2.31. The van der Waals surface area contributed by atoms with Crippen molar-refractivity contribution in [3.63, 3.8) is 0 Å². The van der Waals surface area contributed by atoms with Gasteiger partial charge in [-0.05, 0) is 39.0 Å². The van der Waals surface area contributed by atoms with Gasteiger partial charge in [-0.3, -0.25) is 0 Å². The summed E-state index contributed by atoms with van der Waals surface area (Å²) < 4.78 is 5.42. The molecule has 0 saturated carbocycles. The molecule has 0 fully saturated rings. The topological polar surface area (TPSA) is 107 Å². The highest BCUT2D eigenvalue weighted by Gasteiger charge is 2.17. The number of nitrogens with one attached hydrogen (secondary N) is 3. The summed E-state index contributed by atoms with van der Waals surface area (Å²) in [6, 6.07) is 4.32. The third-order valence-corrected chi connectivity index (χ3v) is 2.95. The normalized spacial score (nSPS) is 12.0. The Labute approximate surface area is 121 Å². The number of furan rings is 1. The van der Waals surface area contributed by atoms with Crippen molar-refractivity contribution in [2.75, 3.05) is 5.32 Å². The Morgan fingerprint density at radius 3 is 2.62 bits per heavy atom. The lowest BCUT2D eigenvalue weighted by molar-refractivity contribution is 0.0692. The predicted octanol–water partition coefficient (Wildman–Crippen LogP) is 2.81. The maximum Gasteiger partial charge on any atom is 0.354 e. The first-order valence-corrected chi connectivity index (χ1v) is 6.43. The van der Waals surface area contributed by atoms with Gasteiger partial charge >= 0.3 is 12.0 Å². The van der Waals surface area contributed by atoms with Crippen molar-refractivity contribution in [3.8, 4) is 0 Å². The molecule has 112 valence electrons. The number of amides is 2. The van der Waals surface area contributed by atoms with E-state index >= 15 is 0 Å². The first kappa shape index (κ1) is 14.7. The maximum absolute atomic E-state index is 11.9. The first-order chi connectivity index (χ1) is 9.86. The molecule has 2 rings (SSSR count). The van der Waals surface area contributed by atoms with Gasteiger partial charge in [0.2, 0.25) is 0 Å². The average Bonchev–Trinajstić information content (AvgIpc) is 2.95. The smallest absolute Gasteiger partial charge is 0.354 e. The minimum atomic E-state index is -1.13. The van der Waals surface area contributed by atoms with Crippen LogP contribution in [-0.4, -0.2) is 22.1 Å². The number of anilines is 1. The van der Waals surface area contributed by atoms with Gasteiger partial charge in [0, 0.05) is 5.69 Å². The second kappa shape index (κ2) is 5.74. The number of carbonyl (C=O) groups is 2. The fraction of sp³-hybridized carbons (Fsp3) is 0.286. The lowest BCUT2D eigenvalue weighted by atomic mass is 10.2. The van der Waals surface area contributed by atoms with Crippen LogP contribution in [0.25, 0.3) is 0 Å². The molecule has 7 nitrogen and oxygen atoms in total. The molecule has 7 heteroatoms. The van der Waals surface area contributed by atoms with Gasteiger partial charge in [-0.25, -0.2) is 9.59 Å². The highest BCUT2D eigenvalue weighted by atomic mass is 16.4. The number of aromatic carboxylic acids is 1. The molecule has 0 saturated heterocycles. The van der Waals surface area contributed by atoms with Crippen molar-refractivity contribution in [2.45, 2.75) is 26.8 Å². The molecule has 1 unspecified atom stereocenters. The summed E-state index contributed by atoms with van der Waals surface area (Å²) in [5.41, 5.74) is 0.821. The van der Waals surface area contributed by atoms with Crippen molar-refractivity contribution in [2.24, 2.45) is 0 Å². The monoisotopic (exact) mass is 291 g/mol. The molecule has 0 aliphatic rings. The highest BCUT2D eigenvalue weighted by Crippen LogP contribution is 2.18. The summed E-state index contributed by atoms with van der Waals surface area (Å²) in [4.78, 5) is 25.6. The Morgan fingerprint density at radius 1 is 1.33 bits per heavy atom. The minimum absolute atomic E-state index is 0.0517. The van der Waals surface area contributed by atoms with Crippen LogP contribution in [0.2, 0.25) is 0 Å². The zero-order valence-corrected chi connectivity index (χ0v) is 12.0. The van der Waals surface area contributed by atoms with Crippen LogP contribution >= 0.6 is 0 Å². The number of aromatic amines is 1. The fourth-order valence-electron chi connectivity index (χ4n) is 1.97. The second-order valence-corrected chi connectivity index (χ2v) is 4.81. The Hall–Kier alpha value is -2.70. The molecule has 21 heavy (non-hydrogen) atoms. The van der Waals surface area contributed by atoms with Crippen LogP contribution in [-0.2, 0) is 0 Å². The van der Waals surface area contributed by atoms with Crippen molar-refractivity contribution in [1.29, 1.82) is 0 Å². The van der Waals surface area contributed by atoms with Gasteiger partial charge in [-0.2, -0.15) is 0 Å². The van der Waals surface area contributed by atoms with E-state index in [1.165, 1.54) is 0 Å². The number of carbonyl (C=O) groups excluding carboxylic acids is 1. The number of urea groups is 1. The van der Waals surface area contributed by atoms with Gasteiger partial charge in [0.1, 0.15) is 17.2 Å². The SMILES string of the molecule is Cc1cc(NC(=O)NC(C)c2ccc(C)o2)c(C(=O)O)[nH]1. The Morgan fingerprint density at radius 2 is 2.05 bits per heavy atom. The van der Waals surface area contributed by atoms with Crippen molar-refractivity contribution < 1.29 is 19.1 Å². The standard InChI is InChI=1S/C14H17N3O4/c1-7-6-10(12(15-7)13(18)19)17-14(20)16-9(3)11-5-4-8(2)21-11/h4-6,9,15H,1-3H3,(H,18,19)(H2,16,17,20). The molecule has 0 radical (unpaired) electrons. The van der Waals surface area contributed by atoms with E-state index in [0.29, 0.717) is 11.5 Å². The lowest BCUT2D eigenvalue weighted by Gasteiger charge is -2.12. The van der Waals surface area contributed by atoms with Gasteiger partial charge in [0.25, 0.3) is 0 Å². The van der Waals surface area contributed by atoms with Gasteiger partial charge in [-0.15, -0.1) is 0 Å². The zero-order valence-electron chi connectivity index (χ0n) is 12.0. The number of aromatic nitrogens is 1. The molecular weight excluding hydrogens is 274 g/mol. The summed E-state index contributed by atoms with van der Waals surface area (Å²) >= 11 is 0. The molecule has 0 aromatic carbocycles. The van der Waals surface area contributed by atoms with Crippen LogP contribution in [0.15, 0.2) is 22.6 Å². The van der Waals surface area contributed by atoms with Crippen molar-refractivity contribution in [3.05, 3.63) is 41.1 Å². The third-order valence-electron chi connectivity index (χ3n) is 2.95. The van der Waals surface area contributed by atoms with E-state index in [1.807, 2.05) is 13.0 Å². The van der Waals surface area contributed by atoms with Crippen molar-refractivity contribution in [1.82, 2.24) is 10.3 Å². The summed E-state index contributed by atoms with van der Waals surface area (Å²) in [6.07, 6.45) is 0. The molecule has 2 heterocycles.